The number of phenolic OH excluding ortho intramolecular Hbond substituents is 1. The third-order valence-electron chi connectivity index (χ3n) is 6.71. The van der Waals surface area contributed by atoms with Crippen LogP contribution in [0.1, 0.15) is 61.6 Å². The fourth-order valence-electron chi connectivity index (χ4n) is 5.18. The summed E-state index contributed by atoms with van der Waals surface area (Å²) in [5.74, 6) is -5.11. The quantitative estimate of drug-likeness (QED) is 0.425. The molecule has 0 spiro atoms. The molecule has 8 heteroatoms. The zero-order chi connectivity index (χ0) is 24.8. The third-order valence-corrected chi connectivity index (χ3v) is 6.71. The molecule has 34 heavy (non-hydrogen) atoms. The average Bonchev–Trinajstić information content (AvgIpc) is 3.13. The summed E-state index contributed by atoms with van der Waals surface area (Å²) in [7, 11) is 1.56. The number of phenols is 1. The largest absolute Gasteiger partial charge is 0.504 e. The number of aromatic nitrogens is 1. The molecule has 1 fully saturated rings. The molecule has 4 rings (SSSR count). The number of alkyl halides is 2. The molecule has 5 nitrogen and oxygen atoms in total. The summed E-state index contributed by atoms with van der Waals surface area (Å²) in [4.78, 5) is 11.4. The number of methoxy groups -OCH3 is 1. The lowest BCUT2D eigenvalue weighted by atomic mass is 9.83. The molecule has 1 aliphatic carbocycles. The van der Waals surface area contributed by atoms with Gasteiger partial charge in [-0.05, 0) is 42.7 Å². The van der Waals surface area contributed by atoms with Crippen LogP contribution in [0.25, 0.3) is 22.0 Å². The highest BCUT2D eigenvalue weighted by atomic mass is 19.3. The Hall–Kier alpha value is -3.00. The second-order valence-electron chi connectivity index (χ2n) is 9.67. The van der Waals surface area contributed by atoms with Crippen LogP contribution in [0.4, 0.5) is 13.2 Å². The van der Waals surface area contributed by atoms with Gasteiger partial charge in [-0.25, -0.2) is 18.0 Å². The average molecular weight is 476 g/mol. The second-order valence-corrected chi connectivity index (χ2v) is 9.67. The van der Waals surface area contributed by atoms with Gasteiger partial charge in [0.25, 0.3) is 0 Å². The highest BCUT2D eigenvalue weighted by Crippen LogP contribution is 2.49. The molecule has 3 aromatic rings. The molecule has 1 aliphatic rings. The Kier molecular flexibility index (Phi) is 6.14. The highest BCUT2D eigenvalue weighted by molar-refractivity contribution is 6.03. The fraction of sp³-hybridized carbons (Fsp3) is 0.423. The van der Waals surface area contributed by atoms with E-state index >= 15 is 0 Å². The van der Waals surface area contributed by atoms with Crippen molar-refractivity contribution < 1.29 is 32.9 Å². The number of benzene rings is 2. The highest BCUT2D eigenvalue weighted by Gasteiger charge is 2.40. The summed E-state index contributed by atoms with van der Waals surface area (Å²) in [5.41, 5.74) is 1.86. The predicted molar refractivity (Wildman–Crippen MR) is 123 cm³/mol. The van der Waals surface area contributed by atoms with E-state index in [0.29, 0.717) is 16.6 Å². The van der Waals surface area contributed by atoms with Gasteiger partial charge in [-0.15, -0.1) is 0 Å². The maximum atomic E-state index is 14.6. The van der Waals surface area contributed by atoms with Crippen LogP contribution in [-0.2, 0) is 10.2 Å². The van der Waals surface area contributed by atoms with Crippen LogP contribution in [0.2, 0.25) is 0 Å². The van der Waals surface area contributed by atoms with Gasteiger partial charge in [0, 0.05) is 42.7 Å². The normalized spacial score (nSPS) is 16.8. The van der Waals surface area contributed by atoms with Crippen LogP contribution in [0.5, 0.6) is 5.75 Å². The first kappa shape index (κ1) is 24.1. The zero-order valence-electron chi connectivity index (χ0n) is 19.4. The number of rotatable bonds is 6. The van der Waals surface area contributed by atoms with Gasteiger partial charge in [0.05, 0.1) is 23.1 Å². The number of carboxylic acids is 1. The minimum Gasteiger partial charge on any atom is -0.504 e. The van der Waals surface area contributed by atoms with E-state index in [9.17, 15) is 28.2 Å². The van der Waals surface area contributed by atoms with Gasteiger partial charge in [0.1, 0.15) is 0 Å². The van der Waals surface area contributed by atoms with Crippen molar-refractivity contribution in [2.45, 2.75) is 56.9 Å². The fourth-order valence-corrected chi connectivity index (χ4v) is 5.18. The maximum absolute atomic E-state index is 14.6. The van der Waals surface area contributed by atoms with Crippen molar-refractivity contribution in [2.24, 2.45) is 0 Å². The molecule has 0 saturated heterocycles. The topological polar surface area (TPSA) is 71.7 Å². The van der Waals surface area contributed by atoms with E-state index in [0.717, 1.165) is 5.69 Å². The number of carboxylic acid groups (broad SMARTS) is 1. The Morgan fingerprint density at radius 1 is 1.15 bits per heavy atom. The van der Waals surface area contributed by atoms with Gasteiger partial charge in [0.15, 0.2) is 11.6 Å². The molecule has 0 atom stereocenters. The molecular formula is C26H28F3NO4. The Labute approximate surface area is 195 Å². The molecule has 2 N–H and O–H groups in total. The molecule has 0 aliphatic heterocycles. The van der Waals surface area contributed by atoms with Crippen molar-refractivity contribution >= 4 is 16.9 Å². The van der Waals surface area contributed by atoms with Crippen LogP contribution in [0, 0.1) is 5.82 Å². The first-order valence-electron chi connectivity index (χ1n) is 11.2. The lowest BCUT2D eigenvalue weighted by Crippen LogP contribution is -2.32. The summed E-state index contributed by atoms with van der Waals surface area (Å²) in [6.07, 6.45) is -0.0284. The minimum atomic E-state index is -2.72. The van der Waals surface area contributed by atoms with E-state index in [1.54, 1.807) is 25.3 Å². The summed E-state index contributed by atoms with van der Waals surface area (Å²) in [6, 6.07) is 8.61. The van der Waals surface area contributed by atoms with E-state index in [2.05, 4.69) is 0 Å². The number of fused-ring (bicyclic) bond motifs is 1. The first-order valence-corrected chi connectivity index (χ1v) is 11.2. The van der Waals surface area contributed by atoms with E-state index < -0.39 is 28.9 Å². The van der Waals surface area contributed by atoms with Crippen LogP contribution in [-0.4, -0.2) is 40.4 Å². The number of aromatic carboxylic acids is 1. The van der Waals surface area contributed by atoms with Gasteiger partial charge in [0.2, 0.25) is 5.92 Å². The summed E-state index contributed by atoms with van der Waals surface area (Å²) < 4.78 is 50.0. The van der Waals surface area contributed by atoms with Gasteiger partial charge in [-0.3, -0.25) is 0 Å². The molecule has 0 unspecified atom stereocenters. The number of hydrogen-bond donors (Lipinski definition) is 2. The van der Waals surface area contributed by atoms with E-state index in [-0.39, 0.29) is 49.3 Å². The lowest BCUT2D eigenvalue weighted by Gasteiger charge is -2.35. The van der Waals surface area contributed by atoms with Crippen molar-refractivity contribution in [3.8, 4) is 16.9 Å². The van der Waals surface area contributed by atoms with E-state index in [1.807, 2.05) is 18.4 Å². The van der Waals surface area contributed by atoms with Crippen LogP contribution >= 0.6 is 0 Å². The van der Waals surface area contributed by atoms with E-state index in [4.69, 9.17) is 4.74 Å². The third kappa shape index (κ3) is 4.15. The first-order chi connectivity index (χ1) is 16.0. The van der Waals surface area contributed by atoms with Crippen LogP contribution in [0.15, 0.2) is 36.4 Å². The molecule has 0 radical (unpaired) electrons. The monoisotopic (exact) mass is 475 g/mol. The molecule has 1 saturated carbocycles. The number of carbonyl (C=O) groups is 1. The SMILES string of the molecule is COCC(C)(C)c1c(-c2ccc(C(=O)O)cc2)c2c(O)c(F)ccc2n1C1CCC(F)(F)CC1. The second kappa shape index (κ2) is 8.65. The lowest BCUT2D eigenvalue weighted by molar-refractivity contribution is -0.0440. The van der Waals surface area contributed by atoms with Crippen molar-refractivity contribution in [3.05, 3.63) is 53.5 Å². The number of halogens is 3. The molecule has 182 valence electrons. The molecule has 0 bridgehead atoms. The number of ether oxygens (including phenoxy) is 1. The molecule has 2 aromatic carbocycles. The number of nitrogens with zero attached hydrogens (tertiary/aromatic N) is 1. The Bertz CT molecular complexity index is 1220. The smallest absolute Gasteiger partial charge is 0.335 e. The van der Waals surface area contributed by atoms with Gasteiger partial charge >= 0.3 is 5.97 Å². The van der Waals surface area contributed by atoms with Gasteiger partial charge in [-0.2, -0.15) is 0 Å². The predicted octanol–water partition coefficient (Wildman–Crippen LogP) is 6.53. The maximum Gasteiger partial charge on any atom is 0.335 e. The standard InChI is InChI=1S/C26H28F3NO4/c1-25(2,14-34-3)23-20(15-4-6-16(7-5-15)24(32)33)21-19(9-8-18(27)22(21)31)30(23)17-10-12-26(28,29)13-11-17/h4-9,17,31H,10-14H2,1-3H3,(H,32,33). The van der Waals surface area contributed by atoms with Gasteiger partial charge in [-0.1, -0.05) is 26.0 Å². The van der Waals surface area contributed by atoms with Gasteiger partial charge < -0.3 is 19.5 Å². The summed E-state index contributed by atoms with van der Waals surface area (Å²) in [6.45, 7) is 4.18. The van der Waals surface area contributed by atoms with Crippen molar-refractivity contribution in [2.75, 3.05) is 13.7 Å². The van der Waals surface area contributed by atoms with Crippen molar-refractivity contribution in [1.29, 1.82) is 0 Å². The minimum absolute atomic E-state index is 0.0927. The molecular weight excluding hydrogens is 447 g/mol. The Balaban J connectivity index is 2.06. The zero-order valence-corrected chi connectivity index (χ0v) is 19.4. The van der Waals surface area contributed by atoms with Crippen LogP contribution < -0.4 is 0 Å². The Morgan fingerprint density at radius 3 is 2.32 bits per heavy atom. The Morgan fingerprint density at radius 2 is 1.76 bits per heavy atom. The summed E-state index contributed by atoms with van der Waals surface area (Å²) in [5, 5.41) is 20.4. The van der Waals surface area contributed by atoms with Crippen LogP contribution in [0.3, 0.4) is 0 Å². The number of hydrogen-bond acceptors (Lipinski definition) is 3. The van der Waals surface area contributed by atoms with Crippen molar-refractivity contribution in [1.82, 2.24) is 4.57 Å². The number of aromatic hydroxyl groups is 1. The molecule has 1 aromatic heterocycles. The van der Waals surface area contributed by atoms with E-state index in [1.165, 1.54) is 18.2 Å². The molecule has 0 amide bonds. The summed E-state index contributed by atoms with van der Waals surface area (Å²) >= 11 is 0. The van der Waals surface area contributed by atoms with Crippen molar-refractivity contribution in [3.63, 3.8) is 0 Å². The molecule has 1 heterocycles.